The standard InChI is InChI=1S/C11H12INOS/c1-8-2-4-10(15-8)7-13-6-9-3-5-11(12)14-9/h2-5,13H,6-7H2,1H3. The van der Waals surface area contributed by atoms with Crippen LogP contribution in [-0.4, -0.2) is 0 Å². The quantitative estimate of drug-likeness (QED) is 0.866. The molecule has 0 aliphatic rings. The molecule has 0 unspecified atom stereocenters. The Morgan fingerprint density at radius 3 is 2.73 bits per heavy atom. The smallest absolute Gasteiger partial charge is 0.164 e. The van der Waals surface area contributed by atoms with Gasteiger partial charge < -0.3 is 9.73 Å². The molecule has 4 heteroatoms. The van der Waals surface area contributed by atoms with Gasteiger partial charge in [-0.3, -0.25) is 0 Å². The lowest BCUT2D eigenvalue weighted by molar-refractivity contribution is 0.463. The number of furan rings is 1. The largest absolute Gasteiger partial charge is 0.454 e. The van der Waals surface area contributed by atoms with Gasteiger partial charge in [0.15, 0.2) is 3.77 Å². The molecule has 2 aromatic rings. The number of thiophene rings is 1. The van der Waals surface area contributed by atoms with Crippen LogP contribution in [0.2, 0.25) is 0 Å². The third kappa shape index (κ3) is 3.32. The zero-order chi connectivity index (χ0) is 10.7. The highest BCUT2D eigenvalue weighted by Crippen LogP contribution is 2.15. The fourth-order valence-electron chi connectivity index (χ4n) is 1.34. The normalized spacial score (nSPS) is 10.8. The second-order valence-electron chi connectivity index (χ2n) is 3.32. The van der Waals surface area contributed by atoms with Crippen LogP contribution in [-0.2, 0) is 13.1 Å². The van der Waals surface area contributed by atoms with Gasteiger partial charge >= 0.3 is 0 Å². The third-order valence-electron chi connectivity index (χ3n) is 2.02. The van der Waals surface area contributed by atoms with Crippen LogP contribution in [0.3, 0.4) is 0 Å². The maximum atomic E-state index is 5.45. The predicted molar refractivity (Wildman–Crippen MR) is 71.0 cm³/mol. The van der Waals surface area contributed by atoms with Gasteiger partial charge in [0.1, 0.15) is 5.76 Å². The van der Waals surface area contributed by atoms with Crippen LogP contribution < -0.4 is 5.32 Å². The number of halogens is 1. The van der Waals surface area contributed by atoms with Crippen molar-refractivity contribution in [2.75, 3.05) is 0 Å². The number of aryl methyl sites for hydroxylation is 1. The van der Waals surface area contributed by atoms with Crippen molar-refractivity contribution in [1.29, 1.82) is 0 Å². The Kier molecular flexibility index (Phi) is 3.82. The van der Waals surface area contributed by atoms with Crippen LogP contribution in [0.4, 0.5) is 0 Å². The lowest BCUT2D eigenvalue weighted by Crippen LogP contribution is -2.10. The van der Waals surface area contributed by atoms with E-state index in [1.807, 2.05) is 23.5 Å². The summed E-state index contributed by atoms with van der Waals surface area (Å²) in [6, 6.07) is 8.30. The van der Waals surface area contributed by atoms with E-state index in [4.69, 9.17) is 4.42 Å². The zero-order valence-corrected chi connectivity index (χ0v) is 11.4. The minimum absolute atomic E-state index is 0.792. The molecule has 0 amide bonds. The second kappa shape index (κ2) is 5.14. The minimum atomic E-state index is 0.792. The molecular weight excluding hydrogens is 321 g/mol. The summed E-state index contributed by atoms with van der Waals surface area (Å²) in [7, 11) is 0. The van der Waals surface area contributed by atoms with E-state index < -0.39 is 0 Å². The van der Waals surface area contributed by atoms with Gasteiger partial charge in [-0.15, -0.1) is 11.3 Å². The highest BCUT2D eigenvalue weighted by Gasteiger charge is 2.00. The molecule has 0 spiro atoms. The van der Waals surface area contributed by atoms with Crippen LogP contribution in [0.1, 0.15) is 15.5 Å². The van der Waals surface area contributed by atoms with Crippen molar-refractivity contribution in [3.63, 3.8) is 0 Å². The van der Waals surface area contributed by atoms with E-state index in [1.54, 1.807) is 0 Å². The average molecular weight is 333 g/mol. The van der Waals surface area contributed by atoms with E-state index >= 15 is 0 Å². The lowest BCUT2D eigenvalue weighted by Gasteiger charge is -1.99. The van der Waals surface area contributed by atoms with Gasteiger partial charge in [-0.25, -0.2) is 0 Å². The SMILES string of the molecule is Cc1ccc(CNCc2ccc(I)o2)s1. The third-order valence-corrected chi connectivity index (χ3v) is 3.60. The molecule has 80 valence electrons. The van der Waals surface area contributed by atoms with E-state index in [2.05, 4.69) is 47.0 Å². The maximum Gasteiger partial charge on any atom is 0.164 e. The monoisotopic (exact) mass is 333 g/mol. The Morgan fingerprint density at radius 1 is 1.27 bits per heavy atom. The van der Waals surface area contributed by atoms with Crippen molar-refractivity contribution in [3.8, 4) is 0 Å². The van der Waals surface area contributed by atoms with E-state index in [0.29, 0.717) is 0 Å². The number of nitrogens with one attached hydrogen (secondary N) is 1. The molecule has 0 aliphatic heterocycles. The molecule has 0 fully saturated rings. The number of rotatable bonds is 4. The van der Waals surface area contributed by atoms with Crippen LogP contribution >= 0.6 is 33.9 Å². The molecule has 2 heterocycles. The summed E-state index contributed by atoms with van der Waals surface area (Å²) in [5.74, 6) is 0.993. The molecule has 0 saturated heterocycles. The van der Waals surface area contributed by atoms with Crippen molar-refractivity contribution >= 4 is 33.9 Å². The van der Waals surface area contributed by atoms with Gasteiger partial charge in [-0.2, -0.15) is 0 Å². The summed E-state index contributed by atoms with van der Waals surface area (Å²) < 4.78 is 6.40. The molecule has 0 atom stereocenters. The summed E-state index contributed by atoms with van der Waals surface area (Å²) in [6.45, 7) is 3.83. The molecule has 0 saturated carbocycles. The molecular formula is C11H12INOS. The first-order chi connectivity index (χ1) is 7.24. The van der Waals surface area contributed by atoms with Crippen molar-refractivity contribution < 1.29 is 4.42 Å². The van der Waals surface area contributed by atoms with E-state index in [0.717, 1.165) is 22.6 Å². The maximum absolute atomic E-state index is 5.45. The molecule has 2 nitrogen and oxygen atoms in total. The predicted octanol–water partition coefficient (Wildman–Crippen LogP) is 3.54. The summed E-state index contributed by atoms with van der Waals surface area (Å²) in [5, 5.41) is 3.36. The van der Waals surface area contributed by atoms with Crippen LogP contribution in [0.15, 0.2) is 28.7 Å². The molecule has 0 aliphatic carbocycles. The topological polar surface area (TPSA) is 25.2 Å². The van der Waals surface area contributed by atoms with Gasteiger partial charge in [0.25, 0.3) is 0 Å². The van der Waals surface area contributed by atoms with Crippen molar-refractivity contribution in [2.24, 2.45) is 0 Å². The van der Waals surface area contributed by atoms with E-state index in [9.17, 15) is 0 Å². The molecule has 2 rings (SSSR count). The van der Waals surface area contributed by atoms with E-state index in [1.165, 1.54) is 9.75 Å². The minimum Gasteiger partial charge on any atom is -0.454 e. The molecule has 1 N–H and O–H groups in total. The molecule has 15 heavy (non-hydrogen) atoms. The molecule has 2 aromatic heterocycles. The first-order valence-corrected chi connectivity index (χ1v) is 6.64. The average Bonchev–Trinajstić information content (AvgIpc) is 2.76. The van der Waals surface area contributed by atoms with Crippen molar-refractivity contribution in [1.82, 2.24) is 5.32 Å². The van der Waals surface area contributed by atoms with Gasteiger partial charge in [0.2, 0.25) is 0 Å². The molecule has 0 bridgehead atoms. The Balaban J connectivity index is 1.80. The summed E-state index contributed by atoms with van der Waals surface area (Å²) in [6.07, 6.45) is 0. The summed E-state index contributed by atoms with van der Waals surface area (Å²) in [5.41, 5.74) is 0. The zero-order valence-electron chi connectivity index (χ0n) is 8.42. The number of hydrogen-bond donors (Lipinski definition) is 1. The number of hydrogen-bond acceptors (Lipinski definition) is 3. The van der Waals surface area contributed by atoms with Gasteiger partial charge in [-0.05, 0) is 53.8 Å². The Morgan fingerprint density at radius 2 is 2.13 bits per heavy atom. The Bertz CT molecular complexity index is 395. The van der Waals surface area contributed by atoms with Crippen LogP contribution in [0.25, 0.3) is 0 Å². The fourth-order valence-corrected chi connectivity index (χ4v) is 2.66. The summed E-state index contributed by atoms with van der Waals surface area (Å²) in [4.78, 5) is 2.73. The van der Waals surface area contributed by atoms with Crippen molar-refractivity contribution in [3.05, 3.63) is 43.5 Å². The van der Waals surface area contributed by atoms with Gasteiger partial charge in [0.05, 0.1) is 6.54 Å². The molecule has 0 aromatic carbocycles. The van der Waals surface area contributed by atoms with E-state index in [-0.39, 0.29) is 0 Å². The first-order valence-electron chi connectivity index (χ1n) is 4.74. The van der Waals surface area contributed by atoms with Crippen LogP contribution in [0, 0.1) is 10.7 Å². The highest BCUT2D eigenvalue weighted by molar-refractivity contribution is 14.1. The second-order valence-corrected chi connectivity index (χ2v) is 5.76. The molecule has 0 radical (unpaired) electrons. The summed E-state index contributed by atoms with van der Waals surface area (Å²) >= 11 is 4.01. The van der Waals surface area contributed by atoms with Gasteiger partial charge in [0, 0.05) is 16.3 Å². The Hall–Kier alpha value is -0.330. The Labute approximate surface area is 107 Å². The first kappa shape index (κ1) is 11.2. The lowest BCUT2D eigenvalue weighted by atomic mass is 10.4. The van der Waals surface area contributed by atoms with Crippen LogP contribution in [0.5, 0.6) is 0 Å². The van der Waals surface area contributed by atoms with Crippen molar-refractivity contribution in [2.45, 2.75) is 20.0 Å². The fraction of sp³-hybridized carbons (Fsp3) is 0.273. The van der Waals surface area contributed by atoms with Gasteiger partial charge in [-0.1, -0.05) is 0 Å². The highest BCUT2D eigenvalue weighted by atomic mass is 127.